The highest BCUT2D eigenvalue weighted by Crippen LogP contribution is 2.32. The maximum atomic E-state index is 12.3. The van der Waals surface area contributed by atoms with Crippen LogP contribution >= 0.6 is 34.7 Å². The number of carbonyl (C=O) groups excluding carboxylic acids is 1. The van der Waals surface area contributed by atoms with Gasteiger partial charge in [0, 0.05) is 11.7 Å². The molecule has 0 aliphatic heterocycles. The van der Waals surface area contributed by atoms with Crippen molar-refractivity contribution < 1.29 is 4.79 Å². The molecule has 1 heterocycles. The molecule has 6 nitrogen and oxygen atoms in total. The molecule has 124 valence electrons. The summed E-state index contributed by atoms with van der Waals surface area (Å²) < 4.78 is 0.749. The summed E-state index contributed by atoms with van der Waals surface area (Å²) in [6.45, 7) is 1.81. The number of hydrogen-bond acceptors (Lipinski definition) is 7. The Bertz CT molecular complexity index is 799. The van der Waals surface area contributed by atoms with Gasteiger partial charge in [0.25, 0.3) is 0 Å². The lowest BCUT2D eigenvalue weighted by Gasteiger charge is -2.10. The van der Waals surface area contributed by atoms with E-state index in [2.05, 4.69) is 20.8 Å². The number of hydrogen-bond donors (Lipinski definition) is 2. The van der Waals surface area contributed by atoms with Gasteiger partial charge in [-0.2, -0.15) is 5.26 Å². The molecule has 0 radical (unpaired) electrons. The van der Waals surface area contributed by atoms with E-state index < -0.39 is 0 Å². The van der Waals surface area contributed by atoms with Gasteiger partial charge in [0.2, 0.25) is 11.0 Å². The van der Waals surface area contributed by atoms with Gasteiger partial charge in [0.05, 0.1) is 15.8 Å². The summed E-state index contributed by atoms with van der Waals surface area (Å²) in [5.41, 5.74) is 0.937. The smallest absolute Gasteiger partial charge is 0.237 e. The van der Waals surface area contributed by atoms with Crippen LogP contribution in [0.5, 0.6) is 0 Å². The van der Waals surface area contributed by atoms with Crippen LogP contribution < -0.4 is 10.6 Å². The van der Waals surface area contributed by atoms with E-state index in [9.17, 15) is 4.79 Å². The number of thioether (sulfide) groups is 1. The molecule has 1 aliphatic carbocycles. The summed E-state index contributed by atoms with van der Waals surface area (Å²) in [4.78, 5) is 12.3. The normalized spacial score (nSPS) is 14.7. The summed E-state index contributed by atoms with van der Waals surface area (Å²) in [7, 11) is 0. The van der Waals surface area contributed by atoms with Gasteiger partial charge >= 0.3 is 0 Å². The first-order chi connectivity index (χ1) is 11.5. The number of benzene rings is 1. The third-order valence-electron chi connectivity index (χ3n) is 3.32. The van der Waals surface area contributed by atoms with Crippen LogP contribution in [0.1, 0.15) is 25.3 Å². The molecule has 0 saturated heterocycles. The highest BCUT2D eigenvalue weighted by atomic mass is 35.5. The van der Waals surface area contributed by atoms with Gasteiger partial charge in [0.1, 0.15) is 6.07 Å². The van der Waals surface area contributed by atoms with E-state index >= 15 is 0 Å². The molecule has 0 spiro atoms. The van der Waals surface area contributed by atoms with Crippen LogP contribution in [0.25, 0.3) is 0 Å². The summed E-state index contributed by atoms with van der Waals surface area (Å²) in [5.74, 6) is -0.160. The van der Waals surface area contributed by atoms with Crippen LogP contribution in [0, 0.1) is 11.3 Å². The second-order valence-electron chi connectivity index (χ2n) is 5.35. The Hall–Kier alpha value is -1.82. The van der Waals surface area contributed by atoms with Gasteiger partial charge in [-0.15, -0.1) is 10.2 Å². The molecule has 0 bridgehead atoms. The zero-order valence-electron chi connectivity index (χ0n) is 12.7. The summed E-state index contributed by atoms with van der Waals surface area (Å²) in [6.07, 6.45) is 2.35. The topological polar surface area (TPSA) is 90.7 Å². The molecule has 1 aliphatic rings. The molecule has 2 N–H and O–H groups in total. The van der Waals surface area contributed by atoms with Crippen molar-refractivity contribution in [3.63, 3.8) is 0 Å². The number of carbonyl (C=O) groups is 1. The molecule has 1 saturated carbocycles. The van der Waals surface area contributed by atoms with Crippen LogP contribution in [0.3, 0.4) is 0 Å². The largest absolute Gasteiger partial charge is 0.357 e. The van der Waals surface area contributed by atoms with Crippen molar-refractivity contribution in [1.29, 1.82) is 5.26 Å². The third kappa shape index (κ3) is 4.38. The lowest BCUT2D eigenvalue weighted by Crippen LogP contribution is -2.22. The minimum atomic E-state index is -0.332. The van der Waals surface area contributed by atoms with Crippen molar-refractivity contribution in [1.82, 2.24) is 10.2 Å². The molecule has 1 aromatic carbocycles. The van der Waals surface area contributed by atoms with Crippen LogP contribution in [0.15, 0.2) is 22.5 Å². The Labute approximate surface area is 152 Å². The monoisotopic (exact) mass is 379 g/mol. The first-order valence-corrected chi connectivity index (χ1v) is 9.40. The number of amides is 1. The zero-order chi connectivity index (χ0) is 17.1. The average Bonchev–Trinajstić information content (AvgIpc) is 3.26. The van der Waals surface area contributed by atoms with E-state index in [0.717, 1.165) is 9.47 Å². The van der Waals surface area contributed by atoms with Crippen molar-refractivity contribution in [3.05, 3.63) is 28.8 Å². The number of aromatic nitrogens is 2. The first kappa shape index (κ1) is 17.0. The molecule has 1 amide bonds. The van der Waals surface area contributed by atoms with Crippen molar-refractivity contribution in [2.45, 2.75) is 35.4 Å². The Morgan fingerprint density at radius 2 is 2.29 bits per heavy atom. The maximum absolute atomic E-state index is 12.3. The van der Waals surface area contributed by atoms with Gasteiger partial charge in [-0.25, -0.2) is 0 Å². The molecular formula is C15H14ClN5OS2. The molecule has 24 heavy (non-hydrogen) atoms. The molecule has 1 atom stereocenters. The summed E-state index contributed by atoms with van der Waals surface area (Å²) in [5, 5.41) is 23.9. The predicted molar refractivity (Wildman–Crippen MR) is 96.7 cm³/mol. The fourth-order valence-electron chi connectivity index (χ4n) is 1.85. The molecule has 2 aromatic rings. The molecule has 1 unspecified atom stereocenters. The SMILES string of the molecule is CC(Sc1nnc(NC2CC2)s1)C(=O)Nc1ccc(C#N)c(Cl)c1. The highest BCUT2D eigenvalue weighted by Gasteiger charge is 2.23. The number of rotatable bonds is 6. The Morgan fingerprint density at radius 1 is 1.50 bits per heavy atom. The maximum Gasteiger partial charge on any atom is 0.237 e. The quantitative estimate of drug-likeness (QED) is 0.742. The number of halogens is 1. The Kier molecular flexibility index (Phi) is 5.23. The number of nitriles is 1. The van der Waals surface area contributed by atoms with Crippen molar-refractivity contribution in [2.75, 3.05) is 10.6 Å². The Morgan fingerprint density at radius 3 is 2.96 bits per heavy atom. The van der Waals surface area contributed by atoms with Crippen LogP contribution in [-0.2, 0) is 4.79 Å². The van der Waals surface area contributed by atoms with Crippen LogP contribution in [-0.4, -0.2) is 27.4 Å². The van der Waals surface area contributed by atoms with Crippen molar-refractivity contribution in [3.8, 4) is 6.07 Å². The lowest BCUT2D eigenvalue weighted by molar-refractivity contribution is -0.115. The molecule has 9 heteroatoms. The highest BCUT2D eigenvalue weighted by molar-refractivity contribution is 8.02. The second kappa shape index (κ2) is 7.38. The molecule has 3 rings (SSSR count). The number of nitrogens with zero attached hydrogens (tertiary/aromatic N) is 3. The summed E-state index contributed by atoms with van der Waals surface area (Å²) in [6, 6.07) is 7.31. The van der Waals surface area contributed by atoms with E-state index in [-0.39, 0.29) is 11.2 Å². The zero-order valence-corrected chi connectivity index (χ0v) is 15.1. The molecule has 1 aromatic heterocycles. The van der Waals surface area contributed by atoms with Gasteiger partial charge in [-0.1, -0.05) is 34.7 Å². The van der Waals surface area contributed by atoms with Gasteiger partial charge < -0.3 is 10.6 Å². The number of anilines is 2. The Balaban J connectivity index is 1.57. The van der Waals surface area contributed by atoms with Gasteiger partial charge in [-0.3, -0.25) is 4.79 Å². The fourth-order valence-corrected chi connectivity index (χ4v) is 4.05. The van der Waals surface area contributed by atoms with Crippen molar-refractivity contribution >= 4 is 51.4 Å². The first-order valence-electron chi connectivity index (χ1n) is 7.32. The predicted octanol–water partition coefficient (Wildman–Crippen LogP) is 3.76. The number of nitrogens with one attached hydrogen (secondary N) is 2. The standard InChI is InChI=1S/C15H14ClN5OS2/c1-8(23-15-21-20-14(24-15)19-10-4-5-10)13(22)18-11-3-2-9(7-17)12(16)6-11/h2-3,6,8,10H,4-5H2,1H3,(H,18,22)(H,19,20). The van der Waals surface area contributed by atoms with E-state index in [0.29, 0.717) is 22.3 Å². The minimum Gasteiger partial charge on any atom is -0.357 e. The average molecular weight is 380 g/mol. The third-order valence-corrected chi connectivity index (χ3v) is 5.67. The fraction of sp³-hybridized carbons (Fsp3) is 0.333. The molecular weight excluding hydrogens is 366 g/mol. The van der Waals surface area contributed by atoms with E-state index in [1.165, 1.54) is 35.9 Å². The van der Waals surface area contributed by atoms with E-state index in [1.807, 2.05) is 6.07 Å². The second-order valence-corrected chi connectivity index (χ2v) is 8.32. The molecule has 1 fully saturated rings. The van der Waals surface area contributed by atoms with E-state index in [1.54, 1.807) is 25.1 Å². The van der Waals surface area contributed by atoms with Crippen LogP contribution in [0.4, 0.5) is 10.8 Å². The van der Waals surface area contributed by atoms with Crippen molar-refractivity contribution in [2.24, 2.45) is 0 Å². The van der Waals surface area contributed by atoms with Gasteiger partial charge in [-0.05, 0) is 38.0 Å². The van der Waals surface area contributed by atoms with E-state index in [4.69, 9.17) is 16.9 Å². The van der Waals surface area contributed by atoms with Crippen LogP contribution in [0.2, 0.25) is 5.02 Å². The van der Waals surface area contributed by atoms with Gasteiger partial charge in [0.15, 0.2) is 4.34 Å². The lowest BCUT2D eigenvalue weighted by atomic mass is 10.2. The minimum absolute atomic E-state index is 0.160. The summed E-state index contributed by atoms with van der Waals surface area (Å²) >= 11 is 8.78.